The molecule has 0 amide bonds. The SMILES string of the molecule is CN(CC1CC(O)C1)c1cc(NN)nc(N)n1. The summed E-state index contributed by atoms with van der Waals surface area (Å²) in [5.74, 6) is 7.22. The highest BCUT2D eigenvalue weighted by atomic mass is 16.3. The number of rotatable bonds is 4. The van der Waals surface area contributed by atoms with E-state index < -0.39 is 0 Å². The summed E-state index contributed by atoms with van der Waals surface area (Å²) in [6, 6.07) is 1.74. The van der Waals surface area contributed by atoms with Crippen molar-refractivity contribution in [1.29, 1.82) is 0 Å². The Labute approximate surface area is 99.8 Å². The molecule has 1 aliphatic carbocycles. The summed E-state index contributed by atoms with van der Waals surface area (Å²) >= 11 is 0. The number of aliphatic hydroxyl groups is 1. The van der Waals surface area contributed by atoms with Gasteiger partial charge in [0.05, 0.1) is 6.10 Å². The number of hydrogen-bond donors (Lipinski definition) is 4. The summed E-state index contributed by atoms with van der Waals surface area (Å²) in [6.45, 7) is 0.845. The molecule has 1 aromatic heterocycles. The molecule has 1 saturated carbocycles. The minimum absolute atomic E-state index is 0.134. The van der Waals surface area contributed by atoms with Gasteiger partial charge in [0, 0.05) is 19.7 Å². The van der Waals surface area contributed by atoms with Gasteiger partial charge in [-0.1, -0.05) is 0 Å². The van der Waals surface area contributed by atoms with Gasteiger partial charge < -0.3 is 21.2 Å². The van der Waals surface area contributed by atoms with Gasteiger partial charge in [-0.2, -0.15) is 9.97 Å². The lowest BCUT2D eigenvalue weighted by Crippen LogP contribution is -2.37. The second-order valence-electron chi connectivity index (χ2n) is 4.49. The van der Waals surface area contributed by atoms with Gasteiger partial charge in [-0.25, -0.2) is 5.84 Å². The predicted octanol–water partition coefficient (Wildman–Crippen LogP) is -0.448. The van der Waals surface area contributed by atoms with Gasteiger partial charge in [0.25, 0.3) is 0 Å². The number of anilines is 3. The highest BCUT2D eigenvalue weighted by molar-refractivity contribution is 5.51. The van der Waals surface area contributed by atoms with E-state index in [0.29, 0.717) is 11.7 Å². The van der Waals surface area contributed by atoms with Gasteiger partial charge in [0.15, 0.2) is 0 Å². The first-order valence-electron chi connectivity index (χ1n) is 5.59. The van der Waals surface area contributed by atoms with E-state index in [0.717, 1.165) is 25.2 Å². The van der Waals surface area contributed by atoms with Gasteiger partial charge in [0.1, 0.15) is 11.6 Å². The Hall–Kier alpha value is -1.60. The third kappa shape index (κ3) is 2.75. The molecule has 0 atom stereocenters. The third-order valence-corrected chi connectivity index (χ3v) is 3.01. The van der Waals surface area contributed by atoms with Crippen LogP contribution >= 0.6 is 0 Å². The number of aliphatic hydroxyl groups excluding tert-OH is 1. The van der Waals surface area contributed by atoms with Crippen molar-refractivity contribution in [3.05, 3.63) is 6.07 Å². The molecule has 1 aromatic rings. The minimum atomic E-state index is -0.134. The average Bonchev–Trinajstić information content (AvgIpc) is 2.26. The molecule has 0 aromatic carbocycles. The smallest absolute Gasteiger partial charge is 0.223 e. The molecule has 0 unspecified atom stereocenters. The fraction of sp³-hybridized carbons (Fsp3) is 0.600. The van der Waals surface area contributed by atoms with E-state index >= 15 is 0 Å². The first kappa shape index (κ1) is 11.9. The van der Waals surface area contributed by atoms with Crippen LogP contribution in [0.1, 0.15) is 12.8 Å². The fourth-order valence-corrected chi connectivity index (χ4v) is 2.05. The van der Waals surface area contributed by atoms with Crippen LogP contribution in [0.4, 0.5) is 17.6 Å². The van der Waals surface area contributed by atoms with Crippen molar-refractivity contribution in [2.24, 2.45) is 11.8 Å². The Balaban J connectivity index is 2.02. The lowest BCUT2D eigenvalue weighted by Gasteiger charge is -2.34. The van der Waals surface area contributed by atoms with Crippen molar-refractivity contribution in [2.45, 2.75) is 18.9 Å². The highest BCUT2D eigenvalue weighted by Gasteiger charge is 2.28. The van der Waals surface area contributed by atoms with Crippen LogP contribution in [-0.2, 0) is 0 Å². The molecule has 7 nitrogen and oxygen atoms in total. The Morgan fingerprint density at radius 1 is 1.53 bits per heavy atom. The zero-order chi connectivity index (χ0) is 12.4. The number of nitrogens with zero attached hydrogens (tertiary/aromatic N) is 3. The normalized spacial score (nSPS) is 23.0. The van der Waals surface area contributed by atoms with E-state index in [2.05, 4.69) is 15.4 Å². The maximum atomic E-state index is 9.24. The molecule has 17 heavy (non-hydrogen) atoms. The fourth-order valence-electron chi connectivity index (χ4n) is 2.05. The number of nitrogens with two attached hydrogens (primary N) is 2. The van der Waals surface area contributed by atoms with Crippen molar-refractivity contribution >= 4 is 17.6 Å². The summed E-state index contributed by atoms with van der Waals surface area (Å²) < 4.78 is 0. The van der Waals surface area contributed by atoms with Gasteiger partial charge in [-0.3, -0.25) is 0 Å². The molecule has 6 N–H and O–H groups in total. The monoisotopic (exact) mass is 238 g/mol. The first-order chi connectivity index (χ1) is 8.08. The van der Waals surface area contributed by atoms with E-state index in [-0.39, 0.29) is 12.1 Å². The van der Waals surface area contributed by atoms with Gasteiger partial charge in [0.2, 0.25) is 5.95 Å². The molecule has 1 heterocycles. The second kappa shape index (κ2) is 4.72. The molecule has 0 bridgehead atoms. The van der Waals surface area contributed by atoms with E-state index in [1.54, 1.807) is 6.07 Å². The summed E-state index contributed by atoms with van der Waals surface area (Å²) in [6.07, 6.45) is 1.57. The molecule has 1 fully saturated rings. The highest BCUT2D eigenvalue weighted by Crippen LogP contribution is 2.29. The van der Waals surface area contributed by atoms with Crippen molar-refractivity contribution in [3.8, 4) is 0 Å². The molecule has 1 aliphatic rings. The maximum Gasteiger partial charge on any atom is 0.223 e. The van der Waals surface area contributed by atoms with E-state index in [1.807, 2.05) is 11.9 Å². The van der Waals surface area contributed by atoms with Crippen LogP contribution in [0.3, 0.4) is 0 Å². The van der Waals surface area contributed by atoms with Gasteiger partial charge in [-0.05, 0) is 18.8 Å². The Bertz CT molecular complexity index is 392. The average molecular weight is 238 g/mol. The van der Waals surface area contributed by atoms with Crippen LogP contribution in [0, 0.1) is 5.92 Å². The molecule has 0 saturated heterocycles. The first-order valence-corrected chi connectivity index (χ1v) is 5.59. The Kier molecular flexibility index (Phi) is 3.30. The quantitative estimate of drug-likeness (QED) is 0.415. The van der Waals surface area contributed by atoms with Crippen LogP contribution in [0.25, 0.3) is 0 Å². The van der Waals surface area contributed by atoms with E-state index in [1.165, 1.54) is 0 Å². The third-order valence-electron chi connectivity index (χ3n) is 3.01. The van der Waals surface area contributed by atoms with E-state index in [9.17, 15) is 5.11 Å². The van der Waals surface area contributed by atoms with Crippen molar-refractivity contribution in [1.82, 2.24) is 9.97 Å². The predicted molar refractivity (Wildman–Crippen MR) is 66.3 cm³/mol. The topological polar surface area (TPSA) is 113 Å². The lowest BCUT2D eigenvalue weighted by molar-refractivity contribution is 0.0464. The molecular weight excluding hydrogens is 220 g/mol. The summed E-state index contributed by atoms with van der Waals surface area (Å²) in [5, 5.41) is 9.24. The van der Waals surface area contributed by atoms with Crippen LogP contribution in [0.15, 0.2) is 6.07 Å². The van der Waals surface area contributed by atoms with Crippen molar-refractivity contribution in [3.63, 3.8) is 0 Å². The van der Waals surface area contributed by atoms with Gasteiger partial charge in [-0.15, -0.1) is 0 Å². The van der Waals surface area contributed by atoms with Crippen LogP contribution in [0.5, 0.6) is 0 Å². The van der Waals surface area contributed by atoms with Crippen LogP contribution < -0.4 is 21.9 Å². The van der Waals surface area contributed by atoms with Crippen LogP contribution in [-0.4, -0.2) is 34.8 Å². The maximum absolute atomic E-state index is 9.24. The Morgan fingerprint density at radius 3 is 2.82 bits per heavy atom. The number of nitrogen functional groups attached to an aromatic ring is 2. The zero-order valence-corrected chi connectivity index (χ0v) is 9.80. The molecule has 0 spiro atoms. The molecule has 0 radical (unpaired) electrons. The number of nitrogens with one attached hydrogen (secondary N) is 1. The lowest BCUT2D eigenvalue weighted by atomic mass is 9.82. The summed E-state index contributed by atoms with van der Waals surface area (Å²) in [5.41, 5.74) is 8.04. The molecule has 2 rings (SSSR count). The largest absolute Gasteiger partial charge is 0.393 e. The molecule has 94 valence electrons. The molecule has 0 aliphatic heterocycles. The molecular formula is C10H18N6O. The standard InChI is InChI=1S/C10H18N6O/c1-16(5-6-2-7(17)3-6)9-4-8(15-12)13-10(11)14-9/h4,6-7,17H,2-3,5,12H2,1H3,(H3,11,13,14,15). The summed E-state index contributed by atoms with van der Waals surface area (Å²) in [4.78, 5) is 10.1. The molecule has 7 heteroatoms. The number of aromatic nitrogens is 2. The number of hydrazine groups is 1. The van der Waals surface area contributed by atoms with Crippen molar-refractivity contribution in [2.75, 3.05) is 29.7 Å². The Morgan fingerprint density at radius 2 is 2.24 bits per heavy atom. The zero-order valence-electron chi connectivity index (χ0n) is 9.80. The minimum Gasteiger partial charge on any atom is -0.393 e. The second-order valence-corrected chi connectivity index (χ2v) is 4.49. The van der Waals surface area contributed by atoms with E-state index in [4.69, 9.17) is 11.6 Å². The van der Waals surface area contributed by atoms with Gasteiger partial charge >= 0.3 is 0 Å². The van der Waals surface area contributed by atoms with Crippen molar-refractivity contribution < 1.29 is 5.11 Å². The number of hydrogen-bond acceptors (Lipinski definition) is 7. The summed E-state index contributed by atoms with van der Waals surface area (Å²) in [7, 11) is 1.94. The van der Waals surface area contributed by atoms with Crippen LogP contribution in [0.2, 0.25) is 0 Å².